The van der Waals surface area contributed by atoms with Crippen LogP contribution >= 0.6 is 0 Å². The predicted octanol–water partition coefficient (Wildman–Crippen LogP) is 4.44. The maximum atomic E-state index is 13.8. The summed E-state index contributed by atoms with van der Waals surface area (Å²) in [5.41, 5.74) is 4.24. The van der Waals surface area contributed by atoms with Crippen LogP contribution in [-0.2, 0) is 15.3 Å². The Morgan fingerprint density at radius 1 is 1.00 bits per heavy atom. The first kappa shape index (κ1) is 22.8. The van der Waals surface area contributed by atoms with E-state index >= 15 is 0 Å². The Morgan fingerprint density at radius 2 is 1.65 bits per heavy atom. The molecule has 2 aliphatic heterocycles. The predicted molar refractivity (Wildman–Crippen MR) is 132 cm³/mol. The minimum Gasteiger partial charge on any atom is -0.450 e. The summed E-state index contributed by atoms with van der Waals surface area (Å²) in [6, 6.07) is 10.3. The van der Waals surface area contributed by atoms with Crippen LogP contribution in [0.25, 0.3) is 11.0 Å². The second kappa shape index (κ2) is 7.54. The monoisotopic (exact) mass is 479 g/mol. The molecule has 1 saturated heterocycles. The van der Waals surface area contributed by atoms with Crippen molar-refractivity contribution in [1.29, 1.82) is 0 Å². The quantitative estimate of drug-likeness (QED) is 0.543. The lowest BCUT2D eigenvalue weighted by Gasteiger charge is -2.30. The molecule has 178 valence electrons. The van der Waals surface area contributed by atoms with Gasteiger partial charge in [0.2, 0.25) is 5.76 Å². The Labute approximate surface area is 199 Å². The SMILES string of the molecule is Cc1cc2oc3c(c(=O)c2cc1C)C(c1ccc(C(C)(C)C)cc1)N(C1CCS(=O)(=O)C1)C3=O. The molecule has 2 aromatic carbocycles. The van der Waals surface area contributed by atoms with Crippen LogP contribution in [0.15, 0.2) is 45.6 Å². The minimum atomic E-state index is -3.24. The fourth-order valence-corrected chi connectivity index (χ4v) is 6.82. The van der Waals surface area contributed by atoms with Crippen molar-refractivity contribution in [3.05, 3.63) is 80.2 Å². The number of rotatable bonds is 2. The number of hydrogen-bond acceptors (Lipinski definition) is 5. The molecule has 2 atom stereocenters. The first-order chi connectivity index (χ1) is 15.9. The first-order valence-electron chi connectivity index (χ1n) is 11.6. The van der Waals surface area contributed by atoms with Crippen molar-refractivity contribution >= 4 is 26.7 Å². The lowest BCUT2D eigenvalue weighted by molar-refractivity contribution is 0.0662. The van der Waals surface area contributed by atoms with Gasteiger partial charge in [0.25, 0.3) is 5.91 Å². The molecular formula is C27H29NO5S. The molecule has 7 heteroatoms. The highest BCUT2D eigenvalue weighted by molar-refractivity contribution is 7.91. The van der Waals surface area contributed by atoms with Gasteiger partial charge in [-0.1, -0.05) is 45.0 Å². The highest BCUT2D eigenvalue weighted by atomic mass is 32.2. The number of carbonyl (C=O) groups excluding carboxylic acids is 1. The van der Waals surface area contributed by atoms with Gasteiger partial charge in [-0.05, 0) is 60.1 Å². The van der Waals surface area contributed by atoms with Gasteiger partial charge in [-0.2, -0.15) is 0 Å². The summed E-state index contributed by atoms with van der Waals surface area (Å²) in [4.78, 5) is 29.0. The summed E-state index contributed by atoms with van der Waals surface area (Å²) in [5, 5.41) is 0.437. The molecule has 1 amide bonds. The number of nitrogens with zero attached hydrogens (tertiary/aromatic N) is 1. The Morgan fingerprint density at radius 3 is 2.24 bits per heavy atom. The second-order valence-electron chi connectivity index (χ2n) is 10.7. The lowest BCUT2D eigenvalue weighted by atomic mass is 9.85. The van der Waals surface area contributed by atoms with E-state index in [4.69, 9.17) is 4.42 Å². The molecule has 0 saturated carbocycles. The highest BCUT2D eigenvalue weighted by Gasteiger charge is 2.48. The second-order valence-corrected chi connectivity index (χ2v) is 12.9. The van der Waals surface area contributed by atoms with E-state index in [1.54, 1.807) is 11.0 Å². The smallest absolute Gasteiger partial charge is 0.291 e. The van der Waals surface area contributed by atoms with Gasteiger partial charge in [0.1, 0.15) is 5.58 Å². The van der Waals surface area contributed by atoms with Gasteiger partial charge in [-0.3, -0.25) is 9.59 Å². The first-order valence-corrected chi connectivity index (χ1v) is 13.4. The molecule has 0 aliphatic carbocycles. The van der Waals surface area contributed by atoms with Crippen molar-refractivity contribution < 1.29 is 17.6 Å². The van der Waals surface area contributed by atoms with E-state index in [2.05, 4.69) is 20.8 Å². The number of carbonyl (C=O) groups is 1. The van der Waals surface area contributed by atoms with Crippen LogP contribution in [0.5, 0.6) is 0 Å². The average molecular weight is 480 g/mol. The molecule has 0 bridgehead atoms. The fraction of sp³-hybridized carbons (Fsp3) is 0.407. The molecule has 5 rings (SSSR count). The van der Waals surface area contributed by atoms with E-state index in [9.17, 15) is 18.0 Å². The van der Waals surface area contributed by atoms with Crippen molar-refractivity contribution in [1.82, 2.24) is 4.90 Å². The van der Waals surface area contributed by atoms with E-state index in [0.717, 1.165) is 22.3 Å². The van der Waals surface area contributed by atoms with E-state index in [1.807, 2.05) is 44.2 Å². The molecule has 2 aliphatic rings. The Hall–Kier alpha value is -2.93. The van der Waals surface area contributed by atoms with Gasteiger partial charge < -0.3 is 9.32 Å². The summed E-state index contributed by atoms with van der Waals surface area (Å²) in [6.07, 6.45) is 0.352. The number of sulfone groups is 1. The van der Waals surface area contributed by atoms with E-state index in [-0.39, 0.29) is 28.1 Å². The number of amides is 1. The number of benzene rings is 2. The average Bonchev–Trinajstić information content (AvgIpc) is 3.26. The van der Waals surface area contributed by atoms with Gasteiger partial charge in [-0.25, -0.2) is 8.42 Å². The molecular weight excluding hydrogens is 450 g/mol. The van der Waals surface area contributed by atoms with Gasteiger partial charge in [-0.15, -0.1) is 0 Å². The molecule has 3 heterocycles. The summed E-state index contributed by atoms with van der Waals surface area (Å²) in [7, 11) is -3.24. The van der Waals surface area contributed by atoms with Crippen molar-refractivity contribution in [2.24, 2.45) is 0 Å². The summed E-state index contributed by atoms with van der Waals surface area (Å²) in [5.74, 6) is -0.459. The molecule has 1 fully saturated rings. The molecule has 0 spiro atoms. The topological polar surface area (TPSA) is 84.7 Å². The van der Waals surface area contributed by atoms with Crippen molar-refractivity contribution in [2.45, 2.75) is 58.5 Å². The van der Waals surface area contributed by atoms with Crippen molar-refractivity contribution in [3.63, 3.8) is 0 Å². The standard InChI is InChI=1S/C27H29NO5S/c1-15-12-20-21(13-16(15)2)33-25-22(24(20)29)23(17-6-8-18(9-7-17)27(3,4)5)28(26(25)30)19-10-11-34(31,32)14-19/h6-9,12-13,19,23H,10-11,14H2,1-5H3. The lowest BCUT2D eigenvalue weighted by Crippen LogP contribution is -2.40. The van der Waals surface area contributed by atoms with Gasteiger partial charge >= 0.3 is 0 Å². The summed E-state index contributed by atoms with van der Waals surface area (Å²) >= 11 is 0. The maximum Gasteiger partial charge on any atom is 0.291 e. The zero-order valence-electron chi connectivity index (χ0n) is 20.1. The van der Waals surface area contributed by atoms with Crippen LogP contribution in [-0.4, -0.2) is 36.8 Å². The third kappa shape index (κ3) is 3.57. The van der Waals surface area contributed by atoms with Crippen LogP contribution in [0.1, 0.15) is 71.6 Å². The molecule has 2 unspecified atom stereocenters. The third-order valence-corrected chi connectivity index (χ3v) is 8.97. The Balaban J connectivity index is 1.74. The third-order valence-electron chi connectivity index (χ3n) is 7.22. The maximum absolute atomic E-state index is 13.8. The number of hydrogen-bond donors (Lipinski definition) is 0. The van der Waals surface area contributed by atoms with E-state index < -0.39 is 27.8 Å². The van der Waals surface area contributed by atoms with Crippen LogP contribution in [0, 0.1) is 13.8 Å². The highest BCUT2D eigenvalue weighted by Crippen LogP contribution is 2.42. The zero-order valence-corrected chi connectivity index (χ0v) is 21.0. The normalized spacial score (nSPS) is 21.9. The molecule has 0 radical (unpaired) electrons. The fourth-order valence-electron chi connectivity index (χ4n) is 5.11. The molecule has 6 nitrogen and oxygen atoms in total. The number of aryl methyl sites for hydroxylation is 2. The van der Waals surface area contributed by atoms with Gasteiger partial charge in [0, 0.05) is 6.04 Å². The molecule has 1 aromatic heterocycles. The van der Waals surface area contributed by atoms with E-state index in [1.165, 1.54) is 0 Å². The van der Waals surface area contributed by atoms with E-state index in [0.29, 0.717) is 23.0 Å². The number of fused-ring (bicyclic) bond motifs is 2. The summed E-state index contributed by atoms with van der Waals surface area (Å²) in [6.45, 7) is 10.2. The largest absolute Gasteiger partial charge is 0.450 e. The minimum absolute atomic E-state index is 0.0231. The van der Waals surface area contributed by atoms with Crippen LogP contribution in [0.4, 0.5) is 0 Å². The summed E-state index contributed by atoms with van der Waals surface area (Å²) < 4.78 is 30.6. The van der Waals surface area contributed by atoms with Crippen LogP contribution < -0.4 is 5.43 Å². The molecule has 3 aromatic rings. The molecule has 0 N–H and O–H groups in total. The molecule has 34 heavy (non-hydrogen) atoms. The Kier molecular flexibility index (Phi) is 5.06. The Bertz CT molecular complexity index is 1490. The van der Waals surface area contributed by atoms with Gasteiger partial charge in [0.15, 0.2) is 15.3 Å². The zero-order chi connectivity index (χ0) is 24.6. The van der Waals surface area contributed by atoms with Gasteiger partial charge in [0.05, 0.1) is 28.5 Å². The van der Waals surface area contributed by atoms with Crippen LogP contribution in [0.3, 0.4) is 0 Å². The van der Waals surface area contributed by atoms with Crippen molar-refractivity contribution in [2.75, 3.05) is 11.5 Å². The van der Waals surface area contributed by atoms with Crippen molar-refractivity contribution in [3.8, 4) is 0 Å². The van der Waals surface area contributed by atoms with Crippen LogP contribution in [0.2, 0.25) is 0 Å².